The van der Waals surface area contributed by atoms with Crippen molar-refractivity contribution in [3.63, 3.8) is 0 Å². The van der Waals surface area contributed by atoms with E-state index in [1.807, 2.05) is 58.9 Å². The molecule has 3 rings (SSSR count). The highest BCUT2D eigenvalue weighted by molar-refractivity contribution is 5.38. The van der Waals surface area contributed by atoms with Gasteiger partial charge >= 0.3 is 0 Å². The van der Waals surface area contributed by atoms with Crippen LogP contribution in [-0.4, -0.2) is 73.8 Å². The van der Waals surface area contributed by atoms with Crippen LogP contribution in [0.15, 0.2) is 24.3 Å². The van der Waals surface area contributed by atoms with Crippen LogP contribution in [0.4, 0.5) is 8.78 Å². The molecule has 0 aliphatic heterocycles. The first-order valence-electron chi connectivity index (χ1n) is 11.9. The molecule has 1 heterocycles. The molecule has 2 aromatic rings. The minimum absolute atomic E-state index is 0.00892. The number of alkyl halides is 2. The molecule has 35 heavy (non-hydrogen) atoms. The lowest BCUT2D eigenvalue weighted by atomic mass is 9.73. The van der Waals surface area contributed by atoms with Crippen LogP contribution in [0.3, 0.4) is 0 Å². The number of aromatic nitrogens is 2. The van der Waals surface area contributed by atoms with Gasteiger partial charge in [0.05, 0.1) is 36.8 Å². The Morgan fingerprint density at radius 1 is 1.00 bits per heavy atom. The summed E-state index contributed by atoms with van der Waals surface area (Å²) in [6.45, 7) is 7.93. The summed E-state index contributed by atoms with van der Waals surface area (Å²) in [4.78, 5) is 0. The SMILES string of the molecule is Cc1c(Cc2ccc(OC(C)C)cc2)c(OC[C@H]2[C@H](O)[C@@H](O)[C@H](O)[C@@H](CO)C2(F)F)nn1C(C)C. The predicted molar refractivity (Wildman–Crippen MR) is 125 cm³/mol. The van der Waals surface area contributed by atoms with Crippen molar-refractivity contribution in [3.05, 3.63) is 41.1 Å². The maximum Gasteiger partial charge on any atom is 0.264 e. The Morgan fingerprint density at radius 3 is 2.14 bits per heavy atom. The van der Waals surface area contributed by atoms with E-state index in [-0.39, 0.29) is 18.0 Å². The molecule has 4 N–H and O–H groups in total. The van der Waals surface area contributed by atoms with E-state index < -0.39 is 49.3 Å². The number of ether oxygens (including phenoxy) is 2. The van der Waals surface area contributed by atoms with Crippen molar-refractivity contribution in [1.29, 1.82) is 0 Å². The Labute approximate surface area is 204 Å². The zero-order chi connectivity index (χ0) is 26.1. The number of aliphatic hydroxyl groups excluding tert-OH is 4. The quantitative estimate of drug-likeness (QED) is 0.420. The maximum atomic E-state index is 15.0. The number of rotatable bonds is 9. The molecule has 1 aliphatic carbocycles. The highest BCUT2D eigenvalue weighted by Crippen LogP contribution is 2.43. The first-order valence-corrected chi connectivity index (χ1v) is 11.9. The molecule has 0 radical (unpaired) electrons. The second kappa shape index (κ2) is 10.8. The van der Waals surface area contributed by atoms with Crippen LogP contribution in [0.1, 0.15) is 50.6 Å². The first-order chi connectivity index (χ1) is 16.4. The summed E-state index contributed by atoms with van der Waals surface area (Å²) in [5.41, 5.74) is 2.47. The Bertz CT molecular complexity index is 979. The van der Waals surface area contributed by atoms with E-state index in [0.717, 1.165) is 17.0 Å². The molecule has 0 spiro atoms. The van der Waals surface area contributed by atoms with Crippen LogP contribution >= 0.6 is 0 Å². The van der Waals surface area contributed by atoms with Crippen molar-refractivity contribution >= 4 is 0 Å². The van der Waals surface area contributed by atoms with Gasteiger partial charge in [-0.15, -0.1) is 5.10 Å². The predicted octanol–water partition coefficient (Wildman–Crippen LogP) is 2.49. The van der Waals surface area contributed by atoms with Gasteiger partial charge in [-0.05, 0) is 52.3 Å². The van der Waals surface area contributed by atoms with Gasteiger partial charge in [0.2, 0.25) is 5.88 Å². The van der Waals surface area contributed by atoms with E-state index in [1.54, 1.807) is 4.68 Å². The zero-order valence-corrected chi connectivity index (χ0v) is 20.7. The summed E-state index contributed by atoms with van der Waals surface area (Å²) in [6.07, 6.45) is -5.25. The number of nitrogens with zero attached hydrogens (tertiary/aromatic N) is 2. The number of benzene rings is 1. The van der Waals surface area contributed by atoms with Gasteiger partial charge in [-0.1, -0.05) is 12.1 Å². The molecule has 0 unspecified atom stereocenters. The molecule has 1 aromatic carbocycles. The van der Waals surface area contributed by atoms with Gasteiger partial charge in [0.15, 0.2) is 0 Å². The van der Waals surface area contributed by atoms with Crippen LogP contribution in [0.25, 0.3) is 0 Å². The number of halogens is 2. The molecule has 10 heteroatoms. The Kier molecular flexibility index (Phi) is 8.41. The van der Waals surface area contributed by atoms with Crippen molar-refractivity contribution < 1.29 is 38.7 Å². The molecule has 0 bridgehead atoms. The third-order valence-corrected chi connectivity index (χ3v) is 6.51. The monoisotopic (exact) mass is 498 g/mol. The summed E-state index contributed by atoms with van der Waals surface area (Å²) in [5.74, 6) is -6.54. The van der Waals surface area contributed by atoms with E-state index in [4.69, 9.17) is 9.47 Å². The average Bonchev–Trinajstić information content (AvgIpc) is 3.09. The van der Waals surface area contributed by atoms with E-state index >= 15 is 0 Å². The molecule has 0 saturated heterocycles. The summed E-state index contributed by atoms with van der Waals surface area (Å²) in [6, 6.07) is 7.54. The summed E-state index contributed by atoms with van der Waals surface area (Å²) < 4.78 is 43.2. The third-order valence-electron chi connectivity index (χ3n) is 6.51. The highest BCUT2D eigenvalue weighted by Gasteiger charge is 2.60. The van der Waals surface area contributed by atoms with E-state index in [1.165, 1.54) is 0 Å². The van der Waals surface area contributed by atoms with Crippen molar-refractivity contribution in [1.82, 2.24) is 9.78 Å². The summed E-state index contributed by atoms with van der Waals surface area (Å²) in [7, 11) is 0. The van der Waals surface area contributed by atoms with Gasteiger partial charge in [0.1, 0.15) is 18.5 Å². The molecule has 1 fully saturated rings. The summed E-state index contributed by atoms with van der Waals surface area (Å²) >= 11 is 0. The Hall–Kier alpha value is -2.27. The lowest BCUT2D eigenvalue weighted by Crippen LogP contribution is -2.63. The molecule has 8 nitrogen and oxygen atoms in total. The first kappa shape index (κ1) is 27.3. The molecule has 5 atom stereocenters. The lowest BCUT2D eigenvalue weighted by Gasteiger charge is -2.45. The van der Waals surface area contributed by atoms with Crippen molar-refractivity contribution in [3.8, 4) is 11.6 Å². The number of hydrogen-bond donors (Lipinski definition) is 4. The topological polar surface area (TPSA) is 117 Å². The molecule has 1 saturated carbocycles. The van der Waals surface area contributed by atoms with Gasteiger partial charge in [0.25, 0.3) is 5.92 Å². The molecule has 196 valence electrons. The van der Waals surface area contributed by atoms with Crippen LogP contribution in [0.2, 0.25) is 0 Å². The normalized spacial score (nSPS) is 26.4. The fourth-order valence-corrected chi connectivity index (χ4v) is 4.53. The van der Waals surface area contributed by atoms with Crippen LogP contribution in [-0.2, 0) is 6.42 Å². The van der Waals surface area contributed by atoms with Crippen LogP contribution in [0.5, 0.6) is 11.6 Å². The number of aliphatic hydroxyl groups is 4. The largest absolute Gasteiger partial charge is 0.491 e. The standard InChI is InChI=1S/C25H36F2N2O6/c1-13(2)29-15(5)18(10-16-6-8-17(9-7-16)35-14(3)4)24(28-29)34-12-20-22(32)23(33)21(31)19(11-30)25(20,26)27/h6-9,13-14,19-23,30-33H,10-12H2,1-5H3/t19-,20+,21-,22+,23+/m1/s1. The van der Waals surface area contributed by atoms with Crippen molar-refractivity contribution in [2.45, 2.75) is 77.4 Å². The molecule has 0 amide bonds. The molecule has 1 aliphatic rings. The fourth-order valence-electron chi connectivity index (χ4n) is 4.53. The Balaban J connectivity index is 1.86. The molecule has 1 aromatic heterocycles. The Morgan fingerprint density at radius 2 is 1.60 bits per heavy atom. The second-order valence-electron chi connectivity index (χ2n) is 9.75. The van der Waals surface area contributed by atoms with Gasteiger partial charge in [-0.3, -0.25) is 4.68 Å². The van der Waals surface area contributed by atoms with E-state index in [0.29, 0.717) is 12.0 Å². The minimum atomic E-state index is -3.67. The highest BCUT2D eigenvalue weighted by atomic mass is 19.3. The van der Waals surface area contributed by atoms with Gasteiger partial charge < -0.3 is 29.9 Å². The van der Waals surface area contributed by atoms with E-state index in [2.05, 4.69) is 5.10 Å². The third kappa shape index (κ3) is 5.61. The van der Waals surface area contributed by atoms with Crippen molar-refractivity contribution in [2.75, 3.05) is 13.2 Å². The maximum absolute atomic E-state index is 15.0. The van der Waals surface area contributed by atoms with Gasteiger partial charge in [-0.25, -0.2) is 8.78 Å². The molecular formula is C25H36F2N2O6. The van der Waals surface area contributed by atoms with Crippen LogP contribution in [0, 0.1) is 18.8 Å². The molecular weight excluding hydrogens is 462 g/mol. The summed E-state index contributed by atoms with van der Waals surface area (Å²) in [5, 5.41) is 44.1. The second-order valence-corrected chi connectivity index (χ2v) is 9.75. The van der Waals surface area contributed by atoms with E-state index in [9.17, 15) is 29.2 Å². The van der Waals surface area contributed by atoms with Crippen LogP contribution < -0.4 is 9.47 Å². The fraction of sp³-hybridized carbons (Fsp3) is 0.640. The van der Waals surface area contributed by atoms with Gasteiger partial charge in [-0.2, -0.15) is 0 Å². The average molecular weight is 499 g/mol. The smallest absolute Gasteiger partial charge is 0.264 e. The zero-order valence-electron chi connectivity index (χ0n) is 20.7. The lowest BCUT2D eigenvalue weighted by molar-refractivity contribution is -0.257. The number of hydrogen-bond acceptors (Lipinski definition) is 7. The minimum Gasteiger partial charge on any atom is -0.491 e. The van der Waals surface area contributed by atoms with Gasteiger partial charge in [0, 0.05) is 23.7 Å². The van der Waals surface area contributed by atoms with Crippen molar-refractivity contribution in [2.24, 2.45) is 11.8 Å².